The summed E-state index contributed by atoms with van der Waals surface area (Å²) in [4.78, 5) is 27.2. The zero-order valence-electron chi connectivity index (χ0n) is 31.5. The molecule has 1 aliphatic heterocycles. The van der Waals surface area contributed by atoms with Crippen LogP contribution in [-0.2, 0) is 33.9 Å². The summed E-state index contributed by atoms with van der Waals surface area (Å²) in [5.41, 5.74) is -1.97. The van der Waals surface area contributed by atoms with Gasteiger partial charge >= 0.3 is 5.97 Å². The Labute approximate surface area is 330 Å². The Morgan fingerprint density at radius 2 is 1.56 bits per heavy atom. The van der Waals surface area contributed by atoms with Crippen LogP contribution in [-0.4, -0.2) is 91.0 Å². The number of halogens is 4. The van der Waals surface area contributed by atoms with Crippen LogP contribution < -0.4 is 15.4 Å². The highest BCUT2D eigenvalue weighted by Gasteiger charge is 2.61. The number of hydrogen-bond donors (Lipinski definition) is 2. The lowest BCUT2D eigenvalue weighted by Gasteiger charge is -2.37. The fourth-order valence-electron chi connectivity index (χ4n) is 6.65. The zero-order chi connectivity index (χ0) is 40.2. The lowest BCUT2D eigenvalue weighted by Crippen LogP contribution is -2.45. The molecule has 55 heavy (non-hydrogen) atoms. The van der Waals surface area contributed by atoms with E-state index in [1.165, 1.54) is 55.6 Å². The molecular weight excluding hydrogens is 759 g/mol. The number of rotatable bonds is 19. The fraction of sp³-hybridized carbons (Fsp3) is 0.475. The number of nitrogens with one attached hydrogen (secondary N) is 2. The van der Waals surface area contributed by atoms with Gasteiger partial charge in [0.2, 0.25) is 5.91 Å². The summed E-state index contributed by atoms with van der Waals surface area (Å²) in [5.74, 6) is -4.06. The van der Waals surface area contributed by atoms with Crippen molar-refractivity contribution >= 4 is 40.8 Å². The minimum Gasteiger partial charge on any atom is -0.495 e. The number of carbonyl (C=O) groups excluding carboxylic acids is 2. The van der Waals surface area contributed by atoms with E-state index < -0.39 is 52.3 Å². The maximum absolute atomic E-state index is 16.0. The Morgan fingerprint density at radius 3 is 2.16 bits per heavy atom. The molecule has 0 bridgehead atoms. The van der Waals surface area contributed by atoms with Gasteiger partial charge in [-0.2, -0.15) is 5.26 Å². The maximum Gasteiger partial charge on any atom is 0.338 e. The van der Waals surface area contributed by atoms with E-state index in [9.17, 15) is 14.9 Å². The molecule has 2 N–H and O–H groups in total. The number of nitrogens with zero attached hydrogens (tertiary/aromatic N) is 1. The number of amides is 1. The fourth-order valence-corrected chi connectivity index (χ4v) is 6.99. The third-order valence-corrected chi connectivity index (χ3v) is 9.59. The van der Waals surface area contributed by atoms with E-state index >= 15 is 8.78 Å². The van der Waals surface area contributed by atoms with Crippen LogP contribution >= 0.6 is 23.2 Å². The molecule has 3 aromatic carbocycles. The molecule has 1 aliphatic rings. The topological polar surface area (TPSA) is 137 Å². The predicted octanol–water partition coefficient (Wildman–Crippen LogP) is 7.09. The van der Waals surface area contributed by atoms with Crippen molar-refractivity contribution in [2.75, 3.05) is 72.4 Å². The molecule has 0 aliphatic carbocycles. The summed E-state index contributed by atoms with van der Waals surface area (Å²) in [6, 6.07) is 12.8. The summed E-state index contributed by atoms with van der Waals surface area (Å²) in [6.07, 6.45) is 0.301. The molecule has 1 saturated heterocycles. The largest absolute Gasteiger partial charge is 0.495 e. The minimum atomic E-state index is -1.80. The lowest BCUT2D eigenvalue weighted by molar-refractivity contribution is -0.118. The molecule has 1 amide bonds. The average molecular weight is 807 g/mol. The number of ether oxygens (including phenoxy) is 6. The summed E-state index contributed by atoms with van der Waals surface area (Å²) < 4.78 is 63.9. The van der Waals surface area contributed by atoms with E-state index in [0.29, 0.717) is 46.1 Å². The molecule has 3 aromatic rings. The molecule has 0 saturated carbocycles. The molecule has 11 nitrogen and oxygen atoms in total. The first-order chi connectivity index (χ1) is 26.3. The second kappa shape index (κ2) is 20.3. The van der Waals surface area contributed by atoms with Crippen molar-refractivity contribution in [2.24, 2.45) is 5.41 Å². The van der Waals surface area contributed by atoms with Crippen molar-refractivity contribution in [1.82, 2.24) is 5.32 Å². The van der Waals surface area contributed by atoms with Gasteiger partial charge in [-0.15, -0.1) is 0 Å². The normalized spacial score (nSPS) is 19.5. The monoisotopic (exact) mass is 805 g/mol. The van der Waals surface area contributed by atoms with Crippen molar-refractivity contribution in [1.29, 1.82) is 5.26 Å². The summed E-state index contributed by atoms with van der Waals surface area (Å²) in [6.45, 7) is 8.50. The average Bonchev–Trinajstić information content (AvgIpc) is 3.46. The Bertz CT molecular complexity index is 1820. The van der Waals surface area contributed by atoms with Crippen LogP contribution in [0.15, 0.2) is 54.6 Å². The molecule has 15 heteroatoms. The summed E-state index contributed by atoms with van der Waals surface area (Å²) >= 11 is 12.4. The van der Waals surface area contributed by atoms with Crippen LogP contribution in [0.5, 0.6) is 5.75 Å². The van der Waals surface area contributed by atoms with Crippen molar-refractivity contribution in [3.05, 3.63) is 93.0 Å². The Hall–Kier alpha value is -3.87. The van der Waals surface area contributed by atoms with Gasteiger partial charge in [0.15, 0.2) is 0 Å². The van der Waals surface area contributed by atoms with Crippen LogP contribution in [0.2, 0.25) is 10.0 Å². The summed E-state index contributed by atoms with van der Waals surface area (Å²) in [5, 5.41) is 17.1. The Morgan fingerprint density at radius 1 is 0.909 bits per heavy atom. The van der Waals surface area contributed by atoms with Crippen molar-refractivity contribution in [2.45, 2.75) is 50.6 Å². The van der Waals surface area contributed by atoms with Crippen LogP contribution in [0.4, 0.5) is 14.5 Å². The van der Waals surface area contributed by atoms with Crippen LogP contribution in [0, 0.1) is 28.4 Å². The van der Waals surface area contributed by atoms with Gasteiger partial charge in [-0.25, -0.2) is 13.6 Å². The second-order valence-corrected chi connectivity index (χ2v) is 14.9. The van der Waals surface area contributed by atoms with Gasteiger partial charge in [0, 0.05) is 29.7 Å². The van der Waals surface area contributed by atoms with Gasteiger partial charge in [0.25, 0.3) is 0 Å². The third-order valence-electron chi connectivity index (χ3n) is 9.06. The SMILES string of the molecule is COCCOCCOCCOCCOC(=O)c1ccc(NC(=O)[C@@H]2N[C@@H](CC(C)(C)C)[C@](C#N)(c3ccc(Cl)cc3F)[C@H]2c2cccc(Cl)c2F)c(OC)c1. The standard InChI is InChI=1S/C40H47Cl2F2N3O8/c1-39(2,3)23-33-40(24-45,28-11-10-26(41)22-30(28)43)34(27-7-6-8-29(42)35(27)44)36(47-33)37(48)46-31-12-9-25(21-32(31)51-5)38(49)55-20-19-54-18-17-53-16-15-52-14-13-50-4/h6-12,21-22,33-34,36,47H,13-20,23H2,1-5H3,(H,46,48)/t33-,34-,36+,40-/m0/s1. The highest BCUT2D eigenvalue weighted by atomic mass is 35.5. The first-order valence-electron chi connectivity index (χ1n) is 17.7. The van der Waals surface area contributed by atoms with E-state index in [-0.39, 0.29) is 51.4 Å². The zero-order valence-corrected chi connectivity index (χ0v) is 33.0. The maximum atomic E-state index is 16.0. The molecule has 298 valence electrons. The van der Waals surface area contributed by atoms with E-state index in [4.69, 9.17) is 51.6 Å². The van der Waals surface area contributed by atoms with E-state index in [2.05, 4.69) is 16.7 Å². The van der Waals surface area contributed by atoms with E-state index in [0.717, 1.165) is 6.07 Å². The van der Waals surface area contributed by atoms with Gasteiger partial charge in [-0.1, -0.05) is 62.2 Å². The van der Waals surface area contributed by atoms with Gasteiger partial charge in [-0.3, -0.25) is 4.79 Å². The molecule has 0 radical (unpaired) electrons. The molecule has 4 atom stereocenters. The van der Waals surface area contributed by atoms with Crippen molar-refractivity contribution < 1.29 is 46.8 Å². The molecule has 0 aromatic heterocycles. The number of anilines is 1. The second-order valence-electron chi connectivity index (χ2n) is 14.1. The minimum absolute atomic E-state index is 0.0147. The van der Waals surface area contributed by atoms with Crippen LogP contribution in [0.1, 0.15) is 54.6 Å². The molecule has 4 rings (SSSR count). The predicted molar refractivity (Wildman–Crippen MR) is 204 cm³/mol. The molecule has 0 unspecified atom stereocenters. The number of esters is 1. The van der Waals surface area contributed by atoms with Crippen molar-refractivity contribution in [3.63, 3.8) is 0 Å². The van der Waals surface area contributed by atoms with E-state index in [1.54, 1.807) is 7.11 Å². The van der Waals surface area contributed by atoms with Crippen LogP contribution in [0.3, 0.4) is 0 Å². The van der Waals surface area contributed by atoms with Gasteiger partial charge in [0.1, 0.15) is 29.4 Å². The molecule has 1 heterocycles. The number of nitriles is 1. The number of methoxy groups -OCH3 is 2. The number of benzene rings is 3. The van der Waals surface area contributed by atoms with Crippen molar-refractivity contribution in [3.8, 4) is 11.8 Å². The number of hydrogen-bond acceptors (Lipinski definition) is 10. The lowest BCUT2D eigenvalue weighted by atomic mass is 9.62. The molecule has 1 fully saturated rings. The summed E-state index contributed by atoms with van der Waals surface area (Å²) in [7, 11) is 2.96. The molecule has 0 spiro atoms. The van der Waals surface area contributed by atoms with Gasteiger partial charge in [0.05, 0.1) is 81.7 Å². The van der Waals surface area contributed by atoms with Gasteiger partial charge < -0.3 is 39.1 Å². The van der Waals surface area contributed by atoms with Gasteiger partial charge in [-0.05, 0) is 53.8 Å². The van der Waals surface area contributed by atoms with E-state index in [1.807, 2.05) is 20.8 Å². The Balaban J connectivity index is 1.53. The third kappa shape index (κ3) is 11.1. The first kappa shape index (κ1) is 43.9. The van der Waals surface area contributed by atoms with Crippen LogP contribution in [0.25, 0.3) is 0 Å². The highest BCUT2D eigenvalue weighted by Crippen LogP contribution is 2.53. The highest BCUT2D eigenvalue weighted by molar-refractivity contribution is 6.31. The smallest absolute Gasteiger partial charge is 0.338 e. The quantitative estimate of drug-likeness (QED) is 0.0955. The Kier molecular flexibility index (Phi) is 16.2. The number of carbonyl (C=O) groups is 2. The first-order valence-corrected chi connectivity index (χ1v) is 18.5. The molecular formula is C40H47Cl2F2N3O8.